The van der Waals surface area contributed by atoms with Gasteiger partial charge in [0.25, 0.3) is 0 Å². The zero-order valence-corrected chi connectivity index (χ0v) is 20.0. The number of benzene rings is 2. The Hall–Kier alpha value is -3.69. The summed E-state index contributed by atoms with van der Waals surface area (Å²) in [5, 5.41) is 0. The number of imidazole rings is 1. The highest BCUT2D eigenvalue weighted by Gasteiger charge is 2.26. The van der Waals surface area contributed by atoms with E-state index in [0.717, 1.165) is 16.8 Å². The number of esters is 1. The van der Waals surface area contributed by atoms with Crippen LogP contribution in [0.25, 0.3) is 5.65 Å². The lowest BCUT2D eigenvalue weighted by atomic mass is 10.2. The summed E-state index contributed by atoms with van der Waals surface area (Å²) in [4.78, 5) is 17.1. The largest absolute Gasteiger partial charge is 0.495 e. The van der Waals surface area contributed by atoms with Gasteiger partial charge >= 0.3 is 5.97 Å². The summed E-state index contributed by atoms with van der Waals surface area (Å²) in [7, 11) is -1.07. The first-order valence-corrected chi connectivity index (χ1v) is 12.0. The Morgan fingerprint density at radius 2 is 1.85 bits per heavy atom. The maximum atomic E-state index is 13.3. The molecule has 0 atom stereocenters. The van der Waals surface area contributed by atoms with Crippen molar-refractivity contribution in [2.45, 2.75) is 25.0 Å². The van der Waals surface area contributed by atoms with E-state index in [1.54, 1.807) is 6.20 Å². The van der Waals surface area contributed by atoms with E-state index in [2.05, 4.69) is 4.98 Å². The SMILES string of the molecule is COc1ccc(C(=O)OCc2cn3cccc(C)c3n2)cc1S(=O)(=O)N(C)Cc1ccccc1. The van der Waals surface area contributed by atoms with Gasteiger partial charge in [0.15, 0.2) is 0 Å². The molecule has 0 bridgehead atoms. The van der Waals surface area contributed by atoms with Crippen molar-refractivity contribution in [1.82, 2.24) is 13.7 Å². The van der Waals surface area contributed by atoms with E-state index in [1.807, 2.05) is 60.0 Å². The number of pyridine rings is 1. The molecule has 34 heavy (non-hydrogen) atoms. The van der Waals surface area contributed by atoms with Crippen LogP contribution in [0.5, 0.6) is 5.75 Å². The van der Waals surface area contributed by atoms with Gasteiger partial charge in [0.05, 0.1) is 18.4 Å². The van der Waals surface area contributed by atoms with E-state index in [1.165, 1.54) is 36.7 Å². The number of aromatic nitrogens is 2. The molecule has 4 rings (SSSR count). The Morgan fingerprint density at radius 1 is 1.09 bits per heavy atom. The molecule has 0 spiro atoms. The molecule has 9 heteroatoms. The van der Waals surface area contributed by atoms with E-state index in [4.69, 9.17) is 9.47 Å². The minimum atomic E-state index is -3.94. The molecule has 2 aromatic carbocycles. The van der Waals surface area contributed by atoms with Gasteiger partial charge in [-0.3, -0.25) is 0 Å². The molecule has 2 aromatic heterocycles. The first kappa shape index (κ1) is 23.5. The van der Waals surface area contributed by atoms with E-state index < -0.39 is 16.0 Å². The van der Waals surface area contributed by atoms with Gasteiger partial charge in [0.2, 0.25) is 10.0 Å². The number of aryl methyl sites for hydroxylation is 1. The lowest BCUT2D eigenvalue weighted by molar-refractivity contribution is 0.0468. The van der Waals surface area contributed by atoms with Crippen molar-refractivity contribution in [2.24, 2.45) is 0 Å². The molecule has 0 fully saturated rings. The molecule has 0 aliphatic carbocycles. The fourth-order valence-corrected chi connectivity index (χ4v) is 4.93. The predicted molar refractivity (Wildman–Crippen MR) is 127 cm³/mol. The summed E-state index contributed by atoms with van der Waals surface area (Å²) in [6, 6.07) is 17.3. The molecule has 2 heterocycles. The van der Waals surface area contributed by atoms with Crippen LogP contribution in [0.1, 0.15) is 27.2 Å². The summed E-state index contributed by atoms with van der Waals surface area (Å²) >= 11 is 0. The molecule has 0 unspecified atom stereocenters. The van der Waals surface area contributed by atoms with Gasteiger partial charge in [-0.05, 0) is 42.3 Å². The molecule has 0 saturated carbocycles. The van der Waals surface area contributed by atoms with Crippen LogP contribution in [0, 0.1) is 6.92 Å². The Balaban J connectivity index is 1.54. The maximum absolute atomic E-state index is 13.3. The summed E-state index contributed by atoms with van der Waals surface area (Å²) < 4.78 is 40.3. The van der Waals surface area contributed by atoms with Crippen LogP contribution >= 0.6 is 0 Å². The summed E-state index contributed by atoms with van der Waals surface area (Å²) in [5.74, 6) is -0.508. The van der Waals surface area contributed by atoms with E-state index in [9.17, 15) is 13.2 Å². The number of sulfonamides is 1. The first-order chi connectivity index (χ1) is 16.3. The highest BCUT2D eigenvalue weighted by atomic mass is 32.2. The normalized spacial score (nSPS) is 11.6. The zero-order chi connectivity index (χ0) is 24.3. The third-order valence-electron chi connectivity index (χ3n) is 5.41. The molecule has 0 N–H and O–H groups in total. The Labute approximate surface area is 198 Å². The molecule has 0 aliphatic heterocycles. The lowest BCUT2D eigenvalue weighted by Crippen LogP contribution is -2.27. The fourth-order valence-electron chi connectivity index (χ4n) is 3.60. The second kappa shape index (κ2) is 9.66. The van der Waals surface area contributed by atoms with Gasteiger partial charge < -0.3 is 13.9 Å². The summed E-state index contributed by atoms with van der Waals surface area (Å²) in [6.07, 6.45) is 3.66. The van der Waals surface area contributed by atoms with Crippen LogP contribution in [0.4, 0.5) is 0 Å². The van der Waals surface area contributed by atoms with Crippen molar-refractivity contribution >= 4 is 21.6 Å². The Morgan fingerprint density at radius 3 is 2.56 bits per heavy atom. The lowest BCUT2D eigenvalue weighted by Gasteiger charge is -2.19. The Kier molecular flexibility index (Phi) is 6.67. The van der Waals surface area contributed by atoms with Crippen LogP contribution < -0.4 is 4.74 Å². The van der Waals surface area contributed by atoms with Crippen molar-refractivity contribution in [2.75, 3.05) is 14.2 Å². The van der Waals surface area contributed by atoms with E-state index in [-0.39, 0.29) is 29.4 Å². The smallest absolute Gasteiger partial charge is 0.338 e. The van der Waals surface area contributed by atoms with Gasteiger partial charge in [-0.1, -0.05) is 36.4 Å². The summed E-state index contributed by atoms with van der Waals surface area (Å²) in [5.41, 5.74) is 3.32. The Bertz CT molecular complexity index is 1430. The highest BCUT2D eigenvalue weighted by Crippen LogP contribution is 2.28. The molecular weight excluding hydrogens is 454 g/mol. The average molecular weight is 480 g/mol. The number of ether oxygens (including phenoxy) is 2. The molecule has 0 radical (unpaired) electrons. The second-order valence-electron chi connectivity index (χ2n) is 7.84. The molecule has 8 nitrogen and oxygen atoms in total. The molecular formula is C25H25N3O5S. The van der Waals surface area contributed by atoms with Gasteiger partial charge in [0, 0.05) is 26.0 Å². The van der Waals surface area contributed by atoms with Crippen LogP contribution in [0.15, 0.2) is 78.0 Å². The monoisotopic (exact) mass is 479 g/mol. The first-order valence-electron chi connectivity index (χ1n) is 10.6. The summed E-state index contributed by atoms with van der Waals surface area (Å²) in [6.45, 7) is 2.09. The predicted octanol–water partition coefficient (Wildman–Crippen LogP) is 3.83. The third kappa shape index (κ3) is 4.80. The fraction of sp³-hybridized carbons (Fsp3) is 0.200. The van der Waals surface area contributed by atoms with Gasteiger partial charge in [-0.25, -0.2) is 18.2 Å². The molecule has 4 aromatic rings. The molecule has 176 valence electrons. The van der Waals surface area contributed by atoms with Crippen molar-refractivity contribution in [3.05, 3.63) is 95.4 Å². The number of carbonyl (C=O) groups is 1. The van der Waals surface area contributed by atoms with Crippen LogP contribution in [-0.2, 0) is 27.9 Å². The number of fused-ring (bicyclic) bond motifs is 1. The number of hydrogen-bond acceptors (Lipinski definition) is 6. The number of rotatable bonds is 8. The highest BCUT2D eigenvalue weighted by molar-refractivity contribution is 7.89. The van der Waals surface area contributed by atoms with Gasteiger partial charge in [-0.2, -0.15) is 4.31 Å². The number of hydrogen-bond donors (Lipinski definition) is 0. The maximum Gasteiger partial charge on any atom is 0.338 e. The number of nitrogens with zero attached hydrogens (tertiary/aromatic N) is 3. The minimum absolute atomic E-state index is 0.0397. The third-order valence-corrected chi connectivity index (χ3v) is 7.24. The second-order valence-corrected chi connectivity index (χ2v) is 9.86. The van der Waals surface area contributed by atoms with Gasteiger partial charge in [0.1, 0.15) is 22.9 Å². The van der Waals surface area contributed by atoms with Crippen molar-refractivity contribution in [3.8, 4) is 5.75 Å². The number of carbonyl (C=O) groups excluding carboxylic acids is 1. The van der Waals surface area contributed by atoms with Crippen molar-refractivity contribution < 1.29 is 22.7 Å². The van der Waals surface area contributed by atoms with E-state index >= 15 is 0 Å². The molecule has 0 saturated heterocycles. The zero-order valence-electron chi connectivity index (χ0n) is 19.1. The van der Waals surface area contributed by atoms with Crippen molar-refractivity contribution in [3.63, 3.8) is 0 Å². The van der Waals surface area contributed by atoms with Crippen LogP contribution in [0.2, 0.25) is 0 Å². The van der Waals surface area contributed by atoms with Crippen molar-refractivity contribution in [1.29, 1.82) is 0 Å². The quantitative estimate of drug-likeness (QED) is 0.357. The van der Waals surface area contributed by atoms with Crippen LogP contribution in [-0.4, -0.2) is 42.2 Å². The number of methoxy groups -OCH3 is 1. The topological polar surface area (TPSA) is 90.2 Å². The van der Waals surface area contributed by atoms with E-state index in [0.29, 0.717) is 5.69 Å². The van der Waals surface area contributed by atoms with Crippen LogP contribution in [0.3, 0.4) is 0 Å². The van der Waals surface area contributed by atoms with Gasteiger partial charge in [-0.15, -0.1) is 0 Å². The average Bonchev–Trinajstić information content (AvgIpc) is 3.27. The minimum Gasteiger partial charge on any atom is -0.495 e. The molecule has 0 aliphatic rings. The molecule has 0 amide bonds. The standard InChI is InChI=1S/C25H25N3O5S/c1-18-8-7-13-28-16-21(26-24(18)28)17-33-25(29)20-11-12-22(32-3)23(14-20)34(30,31)27(2)15-19-9-5-4-6-10-19/h4-14,16H,15,17H2,1-3H3.